The fourth-order valence-electron chi connectivity index (χ4n) is 3.78. The van der Waals surface area contributed by atoms with Crippen LogP contribution >= 0.6 is 11.8 Å². The van der Waals surface area contributed by atoms with E-state index in [9.17, 15) is 13.6 Å². The minimum Gasteiger partial charge on any atom is -0.496 e. The Morgan fingerprint density at radius 1 is 0.939 bits per heavy atom. The Bertz CT molecular complexity index is 1550. The Morgan fingerprint density at radius 2 is 1.70 bits per heavy atom. The molecule has 0 radical (unpaired) electrons. The van der Waals surface area contributed by atoms with Crippen LogP contribution < -0.4 is 10.3 Å². The second-order valence-electron chi connectivity index (χ2n) is 7.34. The third-order valence-corrected chi connectivity index (χ3v) is 6.37. The van der Waals surface area contributed by atoms with E-state index in [0.717, 1.165) is 11.6 Å². The van der Waals surface area contributed by atoms with Crippen LogP contribution in [0.3, 0.4) is 0 Å². The third kappa shape index (κ3) is 3.74. The molecule has 5 aromatic rings. The van der Waals surface area contributed by atoms with Crippen LogP contribution in [0.25, 0.3) is 16.7 Å². The number of methoxy groups -OCH3 is 1. The van der Waals surface area contributed by atoms with Crippen LogP contribution in [-0.4, -0.2) is 26.3 Å². The predicted octanol–water partition coefficient (Wildman–Crippen LogP) is 4.67. The molecule has 0 spiro atoms. The summed E-state index contributed by atoms with van der Waals surface area (Å²) in [6.07, 6.45) is 0. The largest absolute Gasteiger partial charge is 0.496 e. The van der Waals surface area contributed by atoms with Crippen molar-refractivity contribution in [2.24, 2.45) is 0 Å². The molecule has 166 valence electrons. The summed E-state index contributed by atoms with van der Waals surface area (Å²) in [7, 11) is 1.58. The van der Waals surface area contributed by atoms with Crippen molar-refractivity contribution in [1.29, 1.82) is 0 Å². The molecular weight excluding hydrogens is 446 g/mol. The van der Waals surface area contributed by atoms with Gasteiger partial charge in [-0.3, -0.25) is 13.8 Å². The number of hydrogen-bond acceptors (Lipinski definition) is 5. The van der Waals surface area contributed by atoms with Crippen molar-refractivity contribution in [1.82, 2.24) is 19.2 Å². The van der Waals surface area contributed by atoms with Gasteiger partial charge in [0.1, 0.15) is 5.75 Å². The Labute approximate surface area is 191 Å². The Kier molecular flexibility index (Phi) is 5.55. The van der Waals surface area contributed by atoms with Crippen LogP contribution in [0.2, 0.25) is 0 Å². The quantitative estimate of drug-likeness (QED) is 0.342. The average molecular weight is 464 g/mol. The maximum absolute atomic E-state index is 14.1. The van der Waals surface area contributed by atoms with Crippen molar-refractivity contribution in [3.8, 4) is 5.75 Å². The lowest BCUT2D eigenvalue weighted by Gasteiger charge is -2.13. The van der Waals surface area contributed by atoms with Crippen LogP contribution in [0.15, 0.2) is 76.7 Å². The van der Waals surface area contributed by atoms with Crippen molar-refractivity contribution in [3.63, 3.8) is 0 Å². The highest BCUT2D eigenvalue weighted by Gasteiger charge is 2.18. The molecule has 33 heavy (non-hydrogen) atoms. The predicted molar refractivity (Wildman–Crippen MR) is 123 cm³/mol. The van der Waals surface area contributed by atoms with E-state index in [-0.39, 0.29) is 23.4 Å². The second-order valence-corrected chi connectivity index (χ2v) is 8.28. The van der Waals surface area contributed by atoms with Gasteiger partial charge in [-0.15, -0.1) is 10.2 Å². The van der Waals surface area contributed by atoms with E-state index in [0.29, 0.717) is 27.6 Å². The molecule has 6 nitrogen and oxygen atoms in total. The lowest BCUT2D eigenvalue weighted by molar-refractivity contribution is 0.408. The zero-order valence-electron chi connectivity index (χ0n) is 17.5. The summed E-state index contributed by atoms with van der Waals surface area (Å²) in [5.41, 5.74) is 1.48. The first kappa shape index (κ1) is 21.1. The number of fused-ring (bicyclic) bond motifs is 3. The number of benzene rings is 3. The van der Waals surface area contributed by atoms with Gasteiger partial charge in [0, 0.05) is 16.9 Å². The standard InChI is InChI=1S/C24H18F2N4O2S/c1-32-20-12-5-2-7-15(20)13-29-22(31)17-9-3-4-11-19(17)30-23(29)27-28-24(30)33-14-16-8-6-10-18(25)21(16)26/h2-12H,13-14H2,1H3. The van der Waals surface area contributed by atoms with Gasteiger partial charge in [-0.05, 0) is 24.3 Å². The van der Waals surface area contributed by atoms with Gasteiger partial charge < -0.3 is 4.74 Å². The first-order valence-electron chi connectivity index (χ1n) is 10.1. The summed E-state index contributed by atoms with van der Waals surface area (Å²) in [6.45, 7) is 0.235. The molecule has 0 saturated carbocycles. The second kappa shape index (κ2) is 8.67. The van der Waals surface area contributed by atoms with E-state index < -0.39 is 11.6 Å². The summed E-state index contributed by atoms with van der Waals surface area (Å²) in [4.78, 5) is 13.4. The van der Waals surface area contributed by atoms with Gasteiger partial charge in [-0.2, -0.15) is 0 Å². The monoisotopic (exact) mass is 464 g/mol. The topological polar surface area (TPSA) is 61.4 Å². The van der Waals surface area contributed by atoms with E-state index >= 15 is 0 Å². The molecule has 0 saturated heterocycles. The minimum atomic E-state index is -0.893. The Balaban J connectivity index is 1.64. The molecular formula is C24H18F2N4O2S. The molecule has 9 heteroatoms. The van der Waals surface area contributed by atoms with Gasteiger partial charge in [0.25, 0.3) is 5.56 Å². The molecule has 2 aromatic heterocycles. The van der Waals surface area contributed by atoms with Gasteiger partial charge >= 0.3 is 0 Å². The lowest BCUT2D eigenvalue weighted by atomic mass is 10.2. The van der Waals surface area contributed by atoms with Crippen LogP contribution in [0.5, 0.6) is 5.75 Å². The molecule has 0 unspecified atom stereocenters. The lowest BCUT2D eigenvalue weighted by Crippen LogP contribution is -2.24. The number of halogens is 2. The SMILES string of the molecule is COc1ccccc1Cn1c(=O)c2ccccc2n2c(SCc3cccc(F)c3F)nnc12. The minimum absolute atomic E-state index is 0.157. The molecule has 0 aliphatic rings. The number of rotatable bonds is 6. The molecule has 0 amide bonds. The Morgan fingerprint density at radius 3 is 2.55 bits per heavy atom. The highest BCUT2D eigenvalue weighted by atomic mass is 32.2. The number of para-hydroxylation sites is 2. The maximum atomic E-state index is 14.1. The molecule has 0 atom stereocenters. The Hall–Kier alpha value is -3.72. The summed E-state index contributed by atoms with van der Waals surface area (Å²) in [6, 6.07) is 18.7. The normalized spacial score (nSPS) is 11.4. The summed E-state index contributed by atoms with van der Waals surface area (Å²) in [5.74, 6) is -0.602. The summed E-state index contributed by atoms with van der Waals surface area (Å²) < 4.78 is 36.5. The maximum Gasteiger partial charge on any atom is 0.263 e. The molecule has 2 heterocycles. The molecule has 3 aromatic carbocycles. The molecule has 0 N–H and O–H groups in total. The number of ether oxygens (including phenoxy) is 1. The van der Waals surface area contributed by atoms with Crippen LogP contribution in [0, 0.1) is 11.6 Å². The first-order valence-corrected chi connectivity index (χ1v) is 11.1. The van der Waals surface area contributed by atoms with Crippen molar-refractivity contribution in [2.75, 3.05) is 7.11 Å². The fourth-order valence-corrected chi connectivity index (χ4v) is 4.69. The van der Waals surface area contributed by atoms with Crippen molar-refractivity contribution < 1.29 is 13.5 Å². The summed E-state index contributed by atoms with van der Waals surface area (Å²) >= 11 is 1.22. The van der Waals surface area contributed by atoms with E-state index in [1.54, 1.807) is 28.2 Å². The zero-order chi connectivity index (χ0) is 22.9. The molecule has 0 aliphatic carbocycles. The van der Waals surface area contributed by atoms with Crippen molar-refractivity contribution in [2.45, 2.75) is 17.5 Å². The average Bonchev–Trinajstić information content (AvgIpc) is 3.27. The molecule has 0 aliphatic heterocycles. The number of aromatic nitrogens is 4. The van der Waals surface area contributed by atoms with Crippen molar-refractivity contribution >= 4 is 28.4 Å². The van der Waals surface area contributed by atoms with Gasteiger partial charge in [-0.1, -0.05) is 54.2 Å². The van der Waals surface area contributed by atoms with Crippen LogP contribution in [-0.2, 0) is 12.3 Å². The van der Waals surface area contributed by atoms with Gasteiger partial charge in [0.05, 0.1) is 24.6 Å². The fraction of sp³-hybridized carbons (Fsp3) is 0.125. The van der Waals surface area contributed by atoms with E-state index in [1.807, 2.05) is 36.4 Å². The first-order chi connectivity index (χ1) is 16.1. The van der Waals surface area contributed by atoms with Gasteiger partial charge in [0.2, 0.25) is 5.78 Å². The number of nitrogens with zero attached hydrogens (tertiary/aromatic N) is 4. The van der Waals surface area contributed by atoms with E-state index in [1.165, 1.54) is 23.9 Å². The van der Waals surface area contributed by atoms with Crippen LogP contribution in [0.4, 0.5) is 8.78 Å². The van der Waals surface area contributed by atoms with E-state index in [4.69, 9.17) is 4.74 Å². The van der Waals surface area contributed by atoms with E-state index in [2.05, 4.69) is 10.2 Å². The smallest absolute Gasteiger partial charge is 0.263 e. The molecule has 0 fully saturated rings. The highest BCUT2D eigenvalue weighted by molar-refractivity contribution is 7.98. The van der Waals surface area contributed by atoms with Gasteiger partial charge in [0.15, 0.2) is 16.8 Å². The number of thioether (sulfide) groups is 1. The third-order valence-electron chi connectivity index (χ3n) is 5.39. The van der Waals surface area contributed by atoms with Gasteiger partial charge in [-0.25, -0.2) is 8.78 Å². The summed E-state index contributed by atoms with van der Waals surface area (Å²) in [5, 5.41) is 9.52. The molecule has 0 bridgehead atoms. The number of hydrogen-bond donors (Lipinski definition) is 0. The zero-order valence-corrected chi connectivity index (χ0v) is 18.4. The highest BCUT2D eigenvalue weighted by Crippen LogP contribution is 2.27. The van der Waals surface area contributed by atoms with Crippen molar-refractivity contribution in [3.05, 3.63) is 99.8 Å². The van der Waals surface area contributed by atoms with Crippen LogP contribution in [0.1, 0.15) is 11.1 Å². The molecule has 5 rings (SSSR count).